The smallest absolute Gasteiger partial charge is 0.125 e. The Morgan fingerprint density at radius 3 is 2.23 bits per heavy atom. The van der Waals surface area contributed by atoms with Gasteiger partial charge < -0.3 is 19.0 Å². The Balaban J connectivity index is 0.00000210. The maximum Gasteiger partial charge on any atom is 0.125 e. The lowest BCUT2D eigenvalue weighted by molar-refractivity contribution is -0.0558. The summed E-state index contributed by atoms with van der Waals surface area (Å²) in [5.41, 5.74) is 5.23. The summed E-state index contributed by atoms with van der Waals surface area (Å²) in [7, 11) is 1.56. The van der Waals surface area contributed by atoms with E-state index in [1.807, 2.05) is 39.8 Å². The highest BCUT2D eigenvalue weighted by molar-refractivity contribution is 5.98. The van der Waals surface area contributed by atoms with E-state index in [1.165, 1.54) is 12.8 Å². The van der Waals surface area contributed by atoms with Crippen LogP contribution in [-0.4, -0.2) is 31.6 Å². The van der Waals surface area contributed by atoms with E-state index in [0.717, 1.165) is 52.3 Å². The van der Waals surface area contributed by atoms with Gasteiger partial charge in [-0.05, 0) is 81.3 Å². The van der Waals surface area contributed by atoms with Crippen molar-refractivity contribution < 1.29 is 19.0 Å². The van der Waals surface area contributed by atoms with Gasteiger partial charge in [0.05, 0.1) is 18.4 Å². The summed E-state index contributed by atoms with van der Waals surface area (Å²) in [6.07, 6.45) is 8.50. The molecular formula is C30H43NO4. The van der Waals surface area contributed by atoms with Crippen molar-refractivity contribution >= 4 is 5.71 Å². The number of benzene rings is 2. The Labute approximate surface area is 212 Å². The minimum absolute atomic E-state index is 0.0568. The van der Waals surface area contributed by atoms with Crippen molar-refractivity contribution in [3.8, 4) is 11.5 Å². The number of hydrogen-bond donors (Lipinski definition) is 0. The van der Waals surface area contributed by atoms with Crippen LogP contribution in [-0.2, 0) is 16.2 Å². The summed E-state index contributed by atoms with van der Waals surface area (Å²) in [4.78, 5) is 4.86. The Morgan fingerprint density at radius 2 is 1.63 bits per heavy atom. The summed E-state index contributed by atoms with van der Waals surface area (Å²) < 4.78 is 18.7. The summed E-state index contributed by atoms with van der Waals surface area (Å²) in [5.74, 6) is 1.83. The van der Waals surface area contributed by atoms with Crippen LogP contribution in [0, 0.1) is 13.8 Å². The van der Waals surface area contributed by atoms with Crippen LogP contribution in [0.5, 0.6) is 11.5 Å². The molecule has 0 heterocycles. The van der Waals surface area contributed by atoms with Crippen LogP contribution in [0.3, 0.4) is 0 Å². The maximum atomic E-state index is 6.55. The largest absolute Gasteiger partial charge is 0.490 e. The third-order valence-electron chi connectivity index (χ3n) is 5.99. The fourth-order valence-corrected chi connectivity index (χ4v) is 4.20. The zero-order chi connectivity index (χ0) is 25.6. The summed E-state index contributed by atoms with van der Waals surface area (Å²) >= 11 is 0. The first-order valence-corrected chi connectivity index (χ1v) is 12.8. The fraction of sp³-hybridized carbons (Fsp3) is 0.500. The van der Waals surface area contributed by atoms with Gasteiger partial charge in [0.25, 0.3) is 0 Å². The Kier molecular flexibility index (Phi) is 12.4. The molecule has 2 unspecified atom stereocenters. The molecule has 2 aromatic carbocycles. The lowest BCUT2D eigenvalue weighted by Gasteiger charge is -2.33. The molecule has 3 rings (SSSR count). The van der Waals surface area contributed by atoms with Gasteiger partial charge in [0.15, 0.2) is 0 Å². The van der Waals surface area contributed by atoms with Crippen molar-refractivity contribution in [3.63, 3.8) is 0 Å². The molecule has 0 amide bonds. The van der Waals surface area contributed by atoms with Crippen molar-refractivity contribution in [2.45, 2.75) is 86.0 Å². The van der Waals surface area contributed by atoms with Crippen LogP contribution in [0.4, 0.5) is 0 Å². The molecule has 1 saturated carbocycles. The van der Waals surface area contributed by atoms with Gasteiger partial charge in [-0.25, -0.2) is 0 Å². The standard InChI is InChI=1S/C28H37NO4.C2H6/c1-6-7-16-31-25-17-20(2)28(21(3)18-25)33-27-11-9-8-10-26(27)32-19-23-12-14-24(15-13-23)22(4)29-30-5;1-2/h6-7,12-15,17-18,26-27H,8-11,16,19H2,1-5H3;1-2H3/b7-6+,29-22-;. The topological polar surface area (TPSA) is 49.3 Å². The molecular weight excluding hydrogens is 438 g/mol. The third kappa shape index (κ3) is 8.74. The number of aryl methyl sites for hydroxylation is 2. The zero-order valence-corrected chi connectivity index (χ0v) is 22.6. The van der Waals surface area contributed by atoms with E-state index in [-0.39, 0.29) is 12.2 Å². The molecule has 0 aromatic heterocycles. The predicted molar refractivity (Wildman–Crippen MR) is 145 cm³/mol. The number of rotatable bonds is 10. The van der Waals surface area contributed by atoms with Crippen LogP contribution >= 0.6 is 0 Å². The molecule has 5 heteroatoms. The van der Waals surface area contributed by atoms with E-state index >= 15 is 0 Å². The van der Waals surface area contributed by atoms with Gasteiger partial charge >= 0.3 is 0 Å². The minimum Gasteiger partial charge on any atom is -0.490 e. The van der Waals surface area contributed by atoms with E-state index in [1.54, 1.807) is 7.11 Å². The number of ether oxygens (including phenoxy) is 3. The first-order chi connectivity index (χ1) is 17.0. The summed E-state index contributed by atoms with van der Waals surface area (Å²) in [6, 6.07) is 12.4. The van der Waals surface area contributed by atoms with Crippen LogP contribution in [0.15, 0.2) is 53.7 Å². The van der Waals surface area contributed by atoms with Crippen LogP contribution in [0.2, 0.25) is 0 Å². The van der Waals surface area contributed by atoms with Gasteiger partial charge in [-0.1, -0.05) is 61.8 Å². The van der Waals surface area contributed by atoms with Gasteiger partial charge in [-0.15, -0.1) is 0 Å². The highest BCUT2D eigenvalue weighted by atomic mass is 16.6. The molecule has 0 N–H and O–H groups in total. The molecule has 0 saturated heterocycles. The lowest BCUT2D eigenvalue weighted by atomic mass is 9.94. The van der Waals surface area contributed by atoms with E-state index in [2.05, 4.69) is 55.4 Å². The van der Waals surface area contributed by atoms with Crippen molar-refractivity contribution in [2.75, 3.05) is 13.7 Å². The van der Waals surface area contributed by atoms with E-state index in [0.29, 0.717) is 13.2 Å². The van der Waals surface area contributed by atoms with Crippen LogP contribution in [0.25, 0.3) is 0 Å². The zero-order valence-electron chi connectivity index (χ0n) is 22.6. The monoisotopic (exact) mass is 481 g/mol. The van der Waals surface area contributed by atoms with Crippen molar-refractivity contribution in [1.29, 1.82) is 0 Å². The van der Waals surface area contributed by atoms with E-state index < -0.39 is 0 Å². The molecule has 1 fully saturated rings. The van der Waals surface area contributed by atoms with Crippen molar-refractivity contribution in [1.82, 2.24) is 0 Å². The number of nitrogens with zero attached hydrogens (tertiary/aromatic N) is 1. The molecule has 2 atom stereocenters. The van der Waals surface area contributed by atoms with Crippen molar-refractivity contribution in [2.24, 2.45) is 5.16 Å². The molecule has 1 aliphatic carbocycles. The molecule has 192 valence electrons. The Bertz CT molecular complexity index is 926. The van der Waals surface area contributed by atoms with Gasteiger partial charge in [-0.2, -0.15) is 0 Å². The number of hydrogen-bond acceptors (Lipinski definition) is 5. The van der Waals surface area contributed by atoms with Gasteiger partial charge in [0.1, 0.15) is 31.3 Å². The lowest BCUT2D eigenvalue weighted by Crippen LogP contribution is -2.37. The van der Waals surface area contributed by atoms with Gasteiger partial charge in [0, 0.05) is 0 Å². The predicted octanol–water partition coefficient (Wildman–Crippen LogP) is 7.56. The van der Waals surface area contributed by atoms with Crippen LogP contribution < -0.4 is 9.47 Å². The highest BCUT2D eigenvalue weighted by Crippen LogP contribution is 2.33. The second kappa shape index (κ2) is 15.3. The van der Waals surface area contributed by atoms with Gasteiger partial charge in [0.2, 0.25) is 0 Å². The summed E-state index contributed by atoms with van der Waals surface area (Å²) in [6.45, 7) is 13.2. The highest BCUT2D eigenvalue weighted by Gasteiger charge is 2.28. The molecule has 0 aliphatic heterocycles. The molecule has 2 aromatic rings. The SMILES string of the molecule is C/C=C/COc1cc(C)c(OC2CCCCC2OCc2ccc(/C(C)=N\OC)cc2)c(C)c1.CC. The maximum absolute atomic E-state index is 6.55. The number of allylic oxidation sites excluding steroid dienone is 1. The van der Waals surface area contributed by atoms with E-state index in [4.69, 9.17) is 19.0 Å². The van der Waals surface area contributed by atoms with E-state index in [9.17, 15) is 0 Å². The molecule has 5 nitrogen and oxygen atoms in total. The summed E-state index contributed by atoms with van der Waals surface area (Å²) in [5, 5.41) is 3.99. The molecule has 0 radical (unpaired) electrons. The Morgan fingerprint density at radius 1 is 1.00 bits per heavy atom. The molecule has 35 heavy (non-hydrogen) atoms. The first kappa shape index (κ1) is 28.4. The number of oxime groups is 1. The second-order valence-electron chi connectivity index (χ2n) is 8.61. The minimum atomic E-state index is 0.0568. The average molecular weight is 482 g/mol. The molecule has 0 spiro atoms. The normalized spacial score (nSPS) is 18.1. The average Bonchev–Trinajstić information content (AvgIpc) is 2.87. The molecule has 1 aliphatic rings. The van der Waals surface area contributed by atoms with Crippen LogP contribution in [0.1, 0.15) is 75.6 Å². The quantitative estimate of drug-likeness (QED) is 0.200. The fourth-order valence-electron chi connectivity index (χ4n) is 4.20. The van der Waals surface area contributed by atoms with Gasteiger partial charge in [-0.3, -0.25) is 0 Å². The third-order valence-corrected chi connectivity index (χ3v) is 5.99. The molecule has 0 bridgehead atoms. The van der Waals surface area contributed by atoms with Crippen molar-refractivity contribution in [3.05, 3.63) is 70.8 Å². The second-order valence-corrected chi connectivity index (χ2v) is 8.61. The first-order valence-electron chi connectivity index (χ1n) is 12.8. The Hall–Kier alpha value is -2.79.